The van der Waals surface area contributed by atoms with E-state index in [2.05, 4.69) is 20.1 Å². The van der Waals surface area contributed by atoms with E-state index in [4.69, 9.17) is 0 Å². The van der Waals surface area contributed by atoms with Crippen molar-refractivity contribution in [2.75, 3.05) is 6.54 Å². The van der Waals surface area contributed by atoms with Gasteiger partial charge in [-0.2, -0.15) is 0 Å². The Balaban J connectivity index is 1.71. The topological polar surface area (TPSA) is 96.2 Å². The molecular weight excluding hydrogens is 320 g/mol. The highest BCUT2D eigenvalue weighted by Crippen LogP contribution is 2.32. The number of likely N-dealkylation sites (tertiary alicyclic amines) is 1. The first-order valence-corrected chi connectivity index (χ1v) is 8.36. The van der Waals surface area contributed by atoms with E-state index in [1.165, 1.54) is 23.0 Å². The van der Waals surface area contributed by atoms with Crippen molar-refractivity contribution in [2.45, 2.75) is 32.2 Å². The number of nitrogens with one attached hydrogen (secondary N) is 1. The number of hydrogen-bond donors (Lipinski definition) is 1. The molecule has 25 heavy (non-hydrogen) atoms. The Morgan fingerprint density at radius 3 is 3.00 bits per heavy atom. The molecule has 4 heterocycles. The number of amides is 1. The number of nitrogens with zero attached hydrogens (tertiary/aromatic N) is 5. The molecule has 8 nitrogen and oxygen atoms in total. The highest BCUT2D eigenvalue weighted by molar-refractivity contribution is 5.92. The Labute approximate surface area is 143 Å². The minimum atomic E-state index is -0.149. The van der Waals surface area contributed by atoms with E-state index >= 15 is 0 Å². The molecule has 128 valence electrons. The number of rotatable bonds is 3. The van der Waals surface area contributed by atoms with Crippen molar-refractivity contribution < 1.29 is 4.79 Å². The first kappa shape index (κ1) is 15.5. The fraction of sp³-hybridized carbons (Fsp3) is 0.353. The van der Waals surface area contributed by atoms with Crippen LogP contribution in [0.5, 0.6) is 0 Å². The van der Waals surface area contributed by atoms with Crippen LogP contribution in [-0.4, -0.2) is 41.9 Å². The van der Waals surface area contributed by atoms with E-state index in [0.717, 1.165) is 24.2 Å². The Bertz CT molecular complexity index is 978. The van der Waals surface area contributed by atoms with Gasteiger partial charge in [0, 0.05) is 36.8 Å². The highest BCUT2D eigenvalue weighted by atomic mass is 16.2. The molecular formula is C17H18N6O2. The molecule has 1 unspecified atom stereocenters. The summed E-state index contributed by atoms with van der Waals surface area (Å²) < 4.78 is 1.43. The molecule has 1 saturated heterocycles. The minimum absolute atomic E-state index is 0.124. The van der Waals surface area contributed by atoms with Crippen LogP contribution in [0.4, 0.5) is 0 Å². The Morgan fingerprint density at radius 2 is 2.24 bits per heavy atom. The van der Waals surface area contributed by atoms with Gasteiger partial charge in [0.1, 0.15) is 5.69 Å². The fourth-order valence-corrected chi connectivity index (χ4v) is 3.30. The number of hydrogen-bond acceptors (Lipinski definition) is 5. The van der Waals surface area contributed by atoms with Crippen LogP contribution >= 0.6 is 0 Å². The maximum Gasteiger partial charge on any atom is 0.274 e. The predicted octanol–water partition coefficient (Wildman–Crippen LogP) is 1.35. The number of aryl methyl sites for hydroxylation is 1. The number of aromatic nitrogens is 5. The van der Waals surface area contributed by atoms with Crippen molar-refractivity contribution in [1.82, 2.24) is 29.5 Å². The number of fused-ring (bicyclic) bond motifs is 1. The molecule has 0 bridgehead atoms. The summed E-state index contributed by atoms with van der Waals surface area (Å²) in [6.45, 7) is 2.61. The van der Waals surface area contributed by atoms with Crippen molar-refractivity contribution in [3.8, 4) is 0 Å². The zero-order chi connectivity index (χ0) is 17.4. The average Bonchev–Trinajstić information content (AvgIpc) is 3.28. The molecule has 0 radical (unpaired) electrons. The van der Waals surface area contributed by atoms with Crippen LogP contribution in [0, 0.1) is 0 Å². The van der Waals surface area contributed by atoms with E-state index in [0.29, 0.717) is 24.3 Å². The van der Waals surface area contributed by atoms with Gasteiger partial charge in [0.25, 0.3) is 11.5 Å². The molecule has 8 heteroatoms. The molecule has 0 aromatic carbocycles. The van der Waals surface area contributed by atoms with Gasteiger partial charge in [0.2, 0.25) is 0 Å². The van der Waals surface area contributed by atoms with Gasteiger partial charge in [-0.3, -0.25) is 19.7 Å². The summed E-state index contributed by atoms with van der Waals surface area (Å²) in [7, 11) is 0. The van der Waals surface area contributed by atoms with Gasteiger partial charge in [0.15, 0.2) is 5.65 Å². The molecule has 1 N–H and O–H groups in total. The monoisotopic (exact) mass is 338 g/mol. The van der Waals surface area contributed by atoms with E-state index < -0.39 is 0 Å². The van der Waals surface area contributed by atoms with Gasteiger partial charge < -0.3 is 4.90 Å². The lowest BCUT2D eigenvalue weighted by molar-refractivity contribution is 0.0726. The number of carbonyl (C=O) groups is 1. The van der Waals surface area contributed by atoms with E-state index in [9.17, 15) is 9.59 Å². The summed E-state index contributed by atoms with van der Waals surface area (Å²) in [5, 5.41) is 3.11. The van der Waals surface area contributed by atoms with Crippen LogP contribution in [-0.2, 0) is 6.42 Å². The molecule has 1 aliphatic heterocycles. The minimum Gasteiger partial charge on any atom is -0.329 e. The quantitative estimate of drug-likeness (QED) is 0.778. The maximum absolute atomic E-state index is 12.7. The Kier molecular flexibility index (Phi) is 3.79. The second-order valence-corrected chi connectivity index (χ2v) is 6.09. The van der Waals surface area contributed by atoms with Crippen LogP contribution in [0.1, 0.15) is 47.7 Å². The lowest BCUT2D eigenvalue weighted by Crippen LogP contribution is -2.31. The van der Waals surface area contributed by atoms with Gasteiger partial charge in [-0.25, -0.2) is 14.5 Å². The molecule has 0 saturated carbocycles. The third kappa shape index (κ3) is 2.69. The third-order valence-electron chi connectivity index (χ3n) is 4.54. The van der Waals surface area contributed by atoms with Crippen LogP contribution < -0.4 is 5.56 Å². The third-order valence-corrected chi connectivity index (χ3v) is 4.54. The molecule has 1 fully saturated rings. The van der Waals surface area contributed by atoms with Crippen molar-refractivity contribution in [3.63, 3.8) is 0 Å². The highest BCUT2D eigenvalue weighted by Gasteiger charge is 2.32. The molecule has 3 aromatic heterocycles. The molecule has 1 amide bonds. The predicted molar refractivity (Wildman–Crippen MR) is 90.2 cm³/mol. The molecule has 4 rings (SSSR count). The zero-order valence-electron chi connectivity index (χ0n) is 13.8. The van der Waals surface area contributed by atoms with Gasteiger partial charge in [0.05, 0.1) is 17.9 Å². The average molecular weight is 338 g/mol. The van der Waals surface area contributed by atoms with Gasteiger partial charge >= 0.3 is 0 Å². The Hall–Kier alpha value is -3.03. The second kappa shape index (κ2) is 6.12. The van der Waals surface area contributed by atoms with Crippen LogP contribution in [0.15, 0.2) is 35.5 Å². The van der Waals surface area contributed by atoms with E-state index in [1.54, 1.807) is 11.1 Å². The lowest BCUT2D eigenvalue weighted by Gasteiger charge is -2.23. The van der Waals surface area contributed by atoms with Gasteiger partial charge in [-0.15, -0.1) is 0 Å². The van der Waals surface area contributed by atoms with Crippen molar-refractivity contribution in [1.29, 1.82) is 0 Å². The van der Waals surface area contributed by atoms with Crippen molar-refractivity contribution in [2.24, 2.45) is 0 Å². The van der Waals surface area contributed by atoms with E-state index in [1.807, 2.05) is 13.0 Å². The summed E-state index contributed by atoms with van der Waals surface area (Å²) in [5.41, 5.74) is 2.34. The zero-order valence-corrected chi connectivity index (χ0v) is 13.8. The first-order valence-electron chi connectivity index (χ1n) is 8.36. The molecule has 0 aliphatic carbocycles. The number of aromatic amines is 1. The van der Waals surface area contributed by atoms with Gasteiger partial charge in [-0.05, 0) is 19.3 Å². The summed E-state index contributed by atoms with van der Waals surface area (Å²) >= 11 is 0. The SMILES string of the molecule is CCc1cc(=O)n2[nH]c(C3CCCN3C(=O)c3cnccn3)cc2n1. The molecule has 3 aromatic rings. The molecule has 1 aliphatic rings. The fourth-order valence-electron chi connectivity index (χ4n) is 3.30. The summed E-state index contributed by atoms with van der Waals surface area (Å²) in [6.07, 6.45) is 6.95. The summed E-state index contributed by atoms with van der Waals surface area (Å²) in [4.78, 5) is 39.3. The Morgan fingerprint density at radius 1 is 1.36 bits per heavy atom. The van der Waals surface area contributed by atoms with Crippen LogP contribution in [0.3, 0.4) is 0 Å². The smallest absolute Gasteiger partial charge is 0.274 e. The maximum atomic E-state index is 12.7. The lowest BCUT2D eigenvalue weighted by atomic mass is 10.1. The van der Waals surface area contributed by atoms with Crippen LogP contribution in [0.2, 0.25) is 0 Å². The first-order chi connectivity index (χ1) is 12.2. The molecule has 1 atom stereocenters. The van der Waals surface area contributed by atoms with Crippen molar-refractivity contribution >= 4 is 11.6 Å². The normalized spacial score (nSPS) is 17.3. The summed E-state index contributed by atoms with van der Waals surface area (Å²) in [6, 6.07) is 3.26. The molecule has 0 spiro atoms. The number of H-pyrrole nitrogens is 1. The largest absolute Gasteiger partial charge is 0.329 e. The van der Waals surface area contributed by atoms with E-state index in [-0.39, 0.29) is 17.5 Å². The standard InChI is InChI=1S/C17H18N6O2/c1-2-11-8-16(24)23-15(20-11)9-12(21-23)14-4-3-7-22(14)17(25)13-10-18-5-6-19-13/h5-6,8-10,14,21H,2-4,7H2,1H3. The number of carbonyl (C=O) groups excluding carboxylic acids is 1. The van der Waals surface area contributed by atoms with Crippen LogP contribution in [0.25, 0.3) is 5.65 Å². The second-order valence-electron chi connectivity index (χ2n) is 6.09. The van der Waals surface area contributed by atoms with Crippen molar-refractivity contribution in [3.05, 3.63) is 58.2 Å². The van der Waals surface area contributed by atoms with Gasteiger partial charge in [-0.1, -0.05) is 6.92 Å². The summed E-state index contributed by atoms with van der Waals surface area (Å²) in [5.74, 6) is -0.149.